The van der Waals surface area contributed by atoms with Crippen molar-refractivity contribution in [2.24, 2.45) is 5.73 Å². The van der Waals surface area contributed by atoms with E-state index in [0.29, 0.717) is 17.6 Å². The average Bonchev–Trinajstić information content (AvgIpc) is 2.77. The van der Waals surface area contributed by atoms with Gasteiger partial charge in [0, 0.05) is 49.3 Å². The third-order valence-corrected chi connectivity index (χ3v) is 5.08. The summed E-state index contributed by atoms with van der Waals surface area (Å²) in [7, 11) is 0. The van der Waals surface area contributed by atoms with Crippen LogP contribution >= 0.6 is 0 Å². The standard InChI is InChI=1S/C23H32N6O3/c1-23(2,3)32-21(31)19(24)15-27-20(30)16-5-7-18(8-6-16)29-13-9-17(10-14-29)28-22-25-11-4-12-26-22/h4-8,11-12,17,19H,9-10,13-15,24H2,1-3H3,(H,27,30)(H,25,26,28)/t19-/m0/s1. The van der Waals surface area contributed by atoms with Crippen molar-refractivity contribution in [3.63, 3.8) is 0 Å². The van der Waals surface area contributed by atoms with Crippen molar-refractivity contribution in [3.05, 3.63) is 48.3 Å². The molecule has 32 heavy (non-hydrogen) atoms. The molecule has 1 amide bonds. The second kappa shape index (κ2) is 10.4. The number of anilines is 2. The van der Waals surface area contributed by atoms with Crippen LogP contribution in [0.4, 0.5) is 11.6 Å². The van der Waals surface area contributed by atoms with E-state index >= 15 is 0 Å². The number of carbonyl (C=O) groups is 2. The van der Waals surface area contributed by atoms with E-state index in [1.165, 1.54) is 0 Å². The molecule has 0 spiro atoms. The SMILES string of the molecule is CC(C)(C)OC(=O)[C@@H](N)CNC(=O)c1ccc(N2CCC(Nc3ncccn3)CC2)cc1. The highest BCUT2D eigenvalue weighted by atomic mass is 16.6. The molecular weight excluding hydrogens is 408 g/mol. The molecule has 0 unspecified atom stereocenters. The van der Waals surface area contributed by atoms with Gasteiger partial charge in [0.1, 0.15) is 11.6 Å². The summed E-state index contributed by atoms with van der Waals surface area (Å²) in [4.78, 5) is 35.1. The molecule has 172 valence electrons. The minimum absolute atomic E-state index is 0.0150. The van der Waals surface area contributed by atoms with Gasteiger partial charge in [-0.2, -0.15) is 0 Å². The summed E-state index contributed by atoms with van der Waals surface area (Å²) in [6.07, 6.45) is 5.41. The molecule has 2 aromatic rings. The molecule has 1 saturated heterocycles. The van der Waals surface area contributed by atoms with E-state index in [2.05, 4.69) is 25.5 Å². The van der Waals surface area contributed by atoms with Gasteiger partial charge in [-0.25, -0.2) is 9.97 Å². The molecule has 0 radical (unpaired) electrons. The molecule has 3 rings (SSSR count). The van der Waals surface area contributed by atoms with Crippen LogP contribution in [0.2, 0.25) is 0 Å². The number of hydrogen-bond acceptors (Lipinski definition) is 8. The number of nitrogens with two attached hydrogens (primary N) is 1. The number of piperidine rings is 1. The van der Waals surface area contributed by atoms with Crippen LogP contribution in [0.25, 0.3) is 0 Å². The number of carbonyl (C=O) groups excluding carboxylic acids is 2. The van der Waals surface area contributed by atoms with Gasteiger partial charge in [0.15, 0.2) is 0 Å². The Bertz CT molecular complexity index is 890. The quantitative estimate of drug-likeness (QED) is 0.559. The summed E-state index contributed by atoms with van der Waals surface area (Å²) in [5.74, 6) is -0.154. The van der Waals surface area contributed by atoms with E-state index in [9.17, 15) is 9.59 Å². The van der Waals surface area contributed by atoms with Crippen molar-refractivity contribution in [1.29, 1.82) is 0 Å². The fraction of sp³-hybridized carbons (Fsp3) is 0.478. The molecule has 1 aliphatic rings. The smallest absolute Gasteiger partial charge is 0.325 e. The Labute approximate surface area is 188 Å². The molecule has 4 N–H and O–H groups in total. The highest BCUT2D eigenvalue weighted by molar-refractivity contribution is 5.94. The molecular formula is C23H32N6O3. The maximum atomic E-state index is 12.4. The topological polar surface area (TPSA) is 122 Å². The molecule has 1 aromatic carbocycles. The number of hydrogen-bond donors (Lipinski definition) is 3. The van der Waals surface area contributed by atoms with Crippen molar-refractivity contribution in [2.75, 3.05) is 29.9 Å². The van der Waals surface area contributed by atoms with Crippen LogP contribution in [-0.4, -0.2) is 59.2 Å². The normalized spacial score (nSPS) is 15.7. The van der Waals surface area contributed by atoms with Gasteiger partial charge >= 0.3 is 5.97 Å². The van der Waals surface area contributed by atoms with Crippen LogP contribution in [0.15, 0.2) is 42.7 Å². The highest BCUT2D eigenvalue weighted by Gasteiger charge is 2.23. The van der Waals surface area contributed by atoms with E-state index in [4.69, 9.17) is 10.5 Å². The number of esters is 1. The van der Waals surface area contributed by atoms with Gasteiger partial charge in [0.2, 0.25) is 5.95 Å². The van der Waals surface area contributed by atoms with Gasteiger partial charge in [-0.15, -0.1) is 0 Å². The minimum Gasteiger partial charge on any atom is -0.459 e. The number of aromatic nitrogens is 2. The Balaban J connectivity index is 1.45. The van der Waals surface area contributed by atoms with E-state index in [-0.39, 0.29) is 12.5 Å². The van der Waals surface area contributed by atoms with Crippen molar-refractivity contribution >= 4 is 23.5 Å². The zero-order valence-electron chi connectivity index (χ0n) is 18.9. The molecule has 0 bridgehead atoms. The van der Waals surface area contributed by atoms with Gasteiger partial charge < -0.3 is 26.0 Å². The largest absolute Gasteiger partial charge is 0.459 e. The van der Waals surface area contributed by atoms with Crippen molar-refractivity contribution in [1.82, 2.24) is 15.3 Å². The third kappa shape index (κ3) is 6.91. The Hall–Kier alpha value is -3.20. The van der Waals surface area contributed by atoms with E-state index in [0.717, 1.165) is 31.6 Å². The molecule has 1 atom stereocenters. The van der Waals surface area contributed by atoms with Crippen molar-refractivity contribution in [3.8, 4) is 0 Å². The summed E-state index contributed by atoms with van der Waals surface area (Å²) in [6.45, 7) is 7.14. The minimum atomic E-state index is -0.909. The Morgan fingerprint density at radius 1 is 1.16 bits per heavy atom. The van der Waals surface area contributed by atoms with Crippen LogP contribution in [0.1, 0.15) is 44.0 Å². The second-order valence-electron chi connectivity index (χ2n) is 8.87. The Morgan fingerprint density at radius 2 is 1.78 bits per heavy atom. The molecule has 0 saturated carbocycles. The predicted molar refractivity (Wildman–Crippen MR) is 123 cm³/mol. The first kappa shape index (κ1) is 23.5. The highest BCUT2D eigenvalue weighted by Crippen LogP contribution is 2.22. The summed E-state index contributed by atoms with van der Waals surface area (Å²) in [5.41, 5.74) is 6.79. The number of ether oxygens (including phenoxy) is 1. The van der Waals surface area contributed by atoms with Crippen LogP contribution in [0.5, 0.6) is 0 Å². The molecule has 2 heterocycles. The van der Waals surface area contributed by atoms with Crippen LogP contribution < -0.4 is 21.3 Å². The van der Waals surface area contributed by atoms with E-state index < -0.39 is 17.6 Å². The summed E-state index contributed by atoms with van der Waals surface area (Å²) >= 11 is 0. The molecule has 9 nitrogen and oxygen atoms in total. The second-order valence-corrected chi connectivity index (χ2v) is 8.87. The zero-order valence-corrected chi connectivity index (χ0v) is 18.9. The lowest BCUT2D eigenvalue weighted by atomic mass is 10.0. The van der Waals surface area contributed by atoms with Gasteiger partial charge in [-0.05, 0) is 63.9 Å². The maximum absolute atomic E-state index is 12.4. The van der Waals surface area contributed by atoms with Gasteiger partial charge in [0.05, 0.1) is 0 Å². The van der Waals surface area contributed by atoms with Crippen molar-refractivity contribution < 1.29 is 14.3 Å². The van der Waals surface area contributed by atoms with E-state index in [1.54, 1.807) is 51.4 Å². The van der Waals surface area contributed by atoms with Crippen molar-refractivity contribution in [2.45, 2.75) is 51.3 Å². The fourth-order valence-corrected chi connectivity index (χ4v) is 3.43. The Kier molecular flexibility index (Phi) is 7.63. The van der Waals surface area contributed by atoms with Gasteiger partial charge in [-0.1, -0.05) is 0 Å². The third-order valence-electron chi connectivity index (χ3n) is 5.08. The summed E-state index contributed by atoms with van der Waals surface area (Å²) in [5, 5.41) is 6.07. The first-order valence-corrected chi connectivity index (χ1v) is 10.9. The van der Waals surface area contributed by atoms with E-state index in [1.807, 2.05) is 12.1 Å². The summed E-state index contributed by atoms with van der Waals surface area (Å²) < 4.78 is 5.23. The van der Waals surface area contributed by atoms with Crippen LogP contribution in [0, 0.1) is 0 Å². The maximum Gasteiger partial charge on any atom is 0.325 e. The fourth-order valence-electron chi connectivity index (χ4n) is 3.43. The molecule has 0 aliphatic carbocycles. The van der Waals surface area contributed by atoms with Crippen LogP contribution in [0.3, 0.4) is 0 Å². The number of amides is 1. The lowest BCUT2D eigenvalue weighted by Crippen LogP contribution is -2.45. The van der Waals surface area contributed by atoms with Gasteiger partial charge in [0.25, 0.3) is 5.91 Å². The monoisotopic (exact) mass is 440 g/mol. The Morgan fingerprint density at radius 3 is 2.38 bits per heavy atom. The average molecular weight is 441 g/mol. The predicted octanol–water partition coefficient (Wildman–Crippen LogP) is 1.96. The number of rotatable bonds is 7. The first-order valence-electron chi connectivity index (χ1n) is 10.9. The molecule has 1 fully saturated rings. The lowest BCUT2D eigenvalue weighted by molar-refractivity contribution is -0.156. The number of benzene rings is 1. The lowest BCUT2D eigenvalue weighted by Gasteiger charge is -2.34. The summed E-state index contributed by atoms with van der Waals surface area (Å²) in [6, 6.07) is 8.68. The molecule has 1 aromatic heterocycles. The number of nitrogens with one attached hydrogen (secondary N) is 2. The molecule has 9 heteroatoms. The van der Waals surface area contributed by atoms with Crippen LogP contribution in [-0.2, 0) is 9.53 Å². The zero-order chi connectivity index (χ0) is 23.1. The van der Waals surface area contributed by atoms with Gasteiger partial charge in [-0.3, -0.25) is 9.59 Å². The number of nitrogens with zero attached hydrogens (tertiary/aromatic N) is 3. The molecule has 1 aliphatic heterocycles. The first-order chi connectivity index (χ1) is 15.2.